The van der Waals surface area contributed by atoms with Crippen molar-refractivity contribution in [3.05, 3.63) is 94.0 Å². The third-order valence-corrected chi connectivity index (χ3v) is 8.33. The van der Waals surface area contributed by atoms with Crippen LogP contribution >= 0.6 is 23.2 Å². The van der Waals surface area contributed by atoms with Crippen molar-refractivity contribution in [2.45, 2.75) is 51.1 Å². The molecule has 1 N–H and O–H groups in total. The largest absolute Gasteiger partial charge is 0.352 e. The molecule has 0 saturated heterocycles. The van der Waals surface area contributed by atoms with E-state index in [-0.39, 0.29) is 39.1 Å². The Labute approximate surface area is 240 Å². The lowest BCUT2D eigenvalue weighted by molar-refractivity contribution is -0.139. The Morgan fingerprint density at radius 2 is 1.49 bits per heavy atom. The molecular weight excluding hydrogens is 557 g/mol. The summed E-state index contributed by atoms with van der Waals surface area (Å²) in [5.74, 6) is -0.866. The lowest BCUT2D eigenvalue weighted by atomic mass is 10.1. The van der Waals surface area contributed by atoms with Crippen LogP contribution in [0, 0.1) is 6.92 Å². The highest BCUT2D eigenvalue weighted by atomic mass is 35.5. The van der Waals surface area contributed by atoms with Gasteiger partial charge in [-0.2, -0.15) is 0 Å². The zero-order valence-electron chi connectivity index (χ0n) is 22.4. The van der Waals surface area contributed by atoms with Crippen molar-refractivity contribution in [1.82, 2.24) is 10.2 Å². The Balaban J connectivity index is 2.01. The zero-order chi connectivity index (χ0) is 28.7. The predicted molar refractivity (Wildman–Crippen MR) is 157 cm³/mol. The fraction of sp³-hybridized carbons (Fsp3) is 0.310. The van der Waals surface area contributed by atoms with Crippen molar-refractivity contribution >= 4 is 50.7 Å². The maximum atomic E-state index is 13.9. The van der Waals surface area contributed by atoms with Crippen LogP contribution in [0.1, 0.15) is 31.9 Å². The molecule has 0 radical (unpaired) electrons. The van der Waals surface area contributed by atoms with Crippen molar-refractivity contribution in [2.24, 2.45) is 0 Å². The van der Waals surface area contributed by atoms with Gasteiger partial charge in [0, 0.05) is 22.6 Å². The van der Waals surface area contributed by atoms with E-state index in [2.05, 4.69) is 5.32 Å². The van der Waals surface area contributed by atoms with E-state index in [0.29, 0.717) is 6.42 Å². The topological polar surface area (TPSA) is 86.8 Å². The SMILES string of the molecule is Cc1ccc(S(=O)(=O)N(CC(=O)N(CCc2ccccc2)[C@@H](C)C(=O)NC(C)C)c2cc(Cl)cc(Cl)c2)cc1. The third-order valence-electron chi connectivity index (χ3n) is 6.11. The van der Waals surface area contributed by atoms with Gasteiger partial charge in [0.25, 0.3) is 10.0 Å². The average molecular weight is 591 g/mol. The standard InChI is InChI=1S/C29H33Cl2N3O4S/c1-20(2)32-29(36)22(4)33(15-14-23-8-6-5-7-9-23)28(35)19-34(26-17-24(30)16-25(31)18-26)39(37,38)27-12-10-21(3)11-13-27/h5-13,16-18,20,22H,14-15,19H2,1-4H3,(H,32,36)/t22-/m0/s1. The van der Waals surface area contributed by atoms with Crippen LogP contribution in [0.3, 0.4) is 0 Å². The Hall–Kier alpha value is -3.07. The molecule has 39 heavy (non-hydrogen) atoms. The molecule has 0 fully saturated rings. The maximum Gasteiger partial charge on any atom is 0.264 e. The van der Waals surface area contributed by atoms with E-state index in [4.69, 9.17) is 23.2 Å². The normalized spacial score (nSPS) is 12.2. The summed E-state index contributed by atoms with van der Waals surface area (Å²) in [6, 6.07) is 19.3. The minimum absolute atomic E-state index is 0.0124. The van der Waals surface area contributed by atoms with E-state index in [1.807, 2.05) is 51.1 Å². The molecule has 3 aromatic carbocycles. The molecule has 2 amide bonds. The van der Waals surface area contributed by atoms with Crippen LogP contribution in [0.5, 0.6) is 0 Å². The molecule has 3 aromatic rings. The second kappa shape index (κ2) is 13.3. The summed E-state index contributed by atoms with van der Waals surface area (Å²) >= 11 is 12.4. The maximum absolute atomic E-state index is 13.9. The van der Waals surface area contributed by atoms with Gasteiger partial charge < -0.3 is 10.2 Å². The van der Waals surface area contributed by atoms with Crippen molar-refractivity contribution in [2.75, 3.05) is 17.4 Å². The highest BCUT2D eigenvalue weighted by Crippen LogP contribution is 2.30. The summed E-state index contributed by atoms with van der Waals surface area (Å²) in [5, 5.41) is 3.28. The monoisotopic (exact) mass is 589 g/mol. The first kappa shape index (κ1) is 30.5. The fourth-order valence-electron chi connectivity index (χ4n) is 4.02. The van der Waals surface area contributed by atoms with E-state index in [1.165, 1.54) is 35.2 Å². The van der Waals surface area contributed by atoms with Crippen LogP contribution in [0.2, 0.25) is 10.0 Å². The number of nitrogens with one attached hydrogen (secondary N) is 1. The first-order chi connectivity index (χ1) is 18.4. The summed E-state index contributed by atoms with van der Waals surface area (Å²) in [6.07, 6.45) is 0.486. The summed E-state index contributed by atoms with van der Waals surface area (Å²) < 4.78 is 28.7. The van der Waals surface area contributed by atoms with Crippen LogP contribution in [-0.4, -0.2) is 50.3 Å². The third kappa shape index (κ3) is 8.21. The van der Waals surface area contributed by atoms with Gasteiger partial charge in [0.15, 0.2) is 0 Å². The van der Waals surface area contributed by atoms with Crippen molar-refractivity contribution in [3.63, 3.8) is 0 Å². The number of rotatable bonds is 11. The van der Waals surface area contributed by atoms with Gasteiger partial charge in [0.2, 0.25) is 11.8 Å². The molecule has 0 bridgehead atoms. The van der Waals surface area contributed by atoms with Crippen LogP contribution in [-0.2, 0) is 26.0 Å². The van der Waals surface area contributed by atoms with Gasteiger partial charge in [0.1, 0.15) is 12.6 Å². The van der Waals surface area contributed by atoms with Crippen molar-refractivity contribution in [3.8, 4) is 0 Å². The number of benzene rings is 3. The molecule has 0 saturated carbocycles. The fourth-order valence-corrected chi connectivity index (χ4v) is 5.94. The lowest BCUT2D eigenvalue weighted by Gasteiger charge is -2.32. The number of sulfonamides is 1. The van der Waals surface area contributed by atoms with Gasteiger partial charge in [-0.1, -0.05) is 71.2 Å². The number of nitrogens with zero attached hydrogens (tertiary/aromatic N) is 2. The molecule has 3 rings (SSSR count). The van der Waals surface area contributed by atoms with Gasteiger partial charge in [-0.3, -0.25) is 13.9 Å². The Morgan fingerprint density at radius 1 is 0.897 bits per heavy atom. The summed E-state index contributed by atoms with van der Waals surface area (Å²) in [7, 11) is -4.20. The Kier molecular flexibility index (Phi) is 10.4. The minimum atomic E-state index is -4.20. The second-order valence-electron chi connectivity index (χ2n) is 9.61. The van der Waals surface area contributed by atoms with Crippen molar-refractivity contribution < 1.29 is 18.0 Å². The number of halogens is 2. The highest BCUT2D eigenvalue weighted by Gasteiger charge is 2.32. The number of hydrogen-bond acceptors (Lipinski definition) is 4. The van der Waals surface area contributed by atoms with Gasteiger partial charge in [-0.15, -0.1) is 0 Å². The number of carbonyl (C=O) groups excluding carboxylic acids is 2. The molecular formula is C29H33Cl2N3O4S. The number of hydrogen-bond donors (Lipinski definition) is 1. The molecule has 0 unspecified atom stereocenters. The van der Waals surface area contributed by atoms with Crippen LogP contribution in [0.15, 0.2) is 77.7 Å². The number of amides is 2. The van der Waals surface area contributed by atoms with E-state index in [0.717, 1.165) is 15.4 Å². The summed E-state index contributed by atoms with van der Waals surface area (Å²) in [4.78, 5) is 28.2. The molecule has 0 spiro atoms. The predicted octanol–water partition coefficient (Wildman–Crippen LogP) is 5.48. The Morgan fingerprint density at radius 3 is 2.05 bits per heavy atom. The number of carbonyl (C=O) groups is 2. The molecule has 0 aliphatic rings. The van der Waals surface area contributed by atoms with Crippen LogP contribution in [0.25, 0.3) is 0 Å². The summed E-state index contributed by atoms with van der Waals surface area (Å²) in [6.45, 7) is 6.81. The van der Waals surface area contributed by atoms with Crippen molar-refractivity contribution in [1.29, 1.82) is 0 Å². The molecule has 0 aliphatic heterocycles. The molecule has 0 aromatic heterocycles. The van der Waals surface area contributed by atoms with Gasteiger partial charge >= 0.3 is 0 Å². The van der Waals surface area contributed by atoms with Gasteiger partial charge in [-0.25, -0.2) is 8.42 Å². The minimum Gasteiger partial charge on any atom is -0.352 e. The first-order valence-electron chi connectivity index (χ1n) is 12.6. The van der Waals surface area contributed by atoms with E-state index >= 15 is 0 Å². The first-order valence-corrected chi connectivity index (χ1v) is 14.8. The molecule has 0 aliphatic carbocycles. The van der Waals surface area contributed by atoms with Crippen LogP contribution in [0.4, 0.5) is 5.69 Å². The van der Waals surface area contributed by atoms with E-state index in [1.54, 1.807) is 19.1 Å². The quantitative estimate of drug-likeness (QED) is 0.321. The average Bonchev–Trinajstić information content (AvgIpc) is 2.87. The highest BCUT2D eigenvalue weighted by molar-refractivity contribution is 7.92. The smallest absolute Gasteiger partial charge is 0.264 e. The molecule has 10 heteroatoms. The molecule has 7 nitrogen and oxygen atoms in total. The van der Waals surface area contributed by atoms with E-state index in [9.17, 15) is 18.0 Å². The van der Waals surface area contributed by atoms with Gasteiger partial charge in [-0.05, 0) is 70.0 Å². The summed E-state index contributed by atoms with van der Waals surface area (Å²) in [5.41, 5.74) is 2.01. The van der Waals surface area contributed by atoms with E-state index < -0.39 is 28.5 Å². The number of anilines is 1. The van der Waals surface area contributed by atoms with Crippen LogP contribution < -0.4 is 9.62 Å². The molecule has 0 heterocycles. The van der Waals surface area contributed by atoms with Gasteiger partial charge in [0.05, 0.1) is 10.6 Å². The lowest BCUT2D eigenvalue weighted by Crippen LogP contribution is -2.53. The molecule has 1 atom stereocenters. The molecule has 208 valence electrons. The zero-order valence-corrected chi connectivity index (χ0v) is 24.7. The second-order valence-corrected chi connectivity index (χ2v) is 12.3. The Bertz CT molecular complexity index is 1380. The number of aryl methyl sites for hydroxylation is 1.